The number of para-hydroxylation sites is 1. The fourth-order valence-electron chi connectivity index (χ4n) is 3.58. The van der Waals surface area contributed by atoms with Gasteiger partial charge in [-0.1, -0.05) is 36.0 Å². The number of amides is 1. The molecule has 1 aliphatic rings. The number of aromatic nitrogens is 2. The summed E-state index contributed by atoms with van der Waals surface area (Å²) in [5.74, 6) is -0.716. The zero-order chi connectivity index (χ0) is 20.2. The average molecular weight is 428 g/mol. The first-order valence-electron chi connectivity index (χ1n) is 9.36. The molecule has 150 valence electrons. The first kappa shape index (κ1) is 19.7. The normalized spacial score (nSPS) is 16.2. The Hall–Kier alpha value is -2.58. The third-order valence-electron chi connectivity index (χ3n) is 4.91. The van der Waals surface area contributed by atoms with Crippen LogP contribution in [-0.2, 0) is 9.53 Å². The van der Waals surface area contributed by atoms with Crippen molar-refractivity contribution in [3.8, 4) is 5.69 Å². The molecule has 3 heterocycles. The highest BCUT2D eigenvalue weighted by molar-refractivity contribution is 7.98. The molecule has 8 heteroatoms. The number of carbonyl (C=O) groups is 2. The van der Waals surface area contributed by atoms with Gasteiger partial charge in [0.1, 0.15) is 0 Å². The van der Waals surface area contributed by atoms with Crippen LogP contribution in [0.4, 0.5) is 0 Å². The fraction of sp³-hybridized carbons (Fsp3) is 0.286. The van der Waals surface area contributed by atoms with Crippen LogP contribution in [0.2, 0.25) is 0 Å². The number of hydrogen-bond donors (Lipinski definition) is 0. The second kappa shape index (κ2) is 8.84. The Labute approximate surface area is 177 Å². The lowest BCUT2D eigenvalue weighted by Crippen LogP contribution is -2.34. The smallest absolute Gasteiger partial charge is 0.357 e. The van der Waals surface area contributed by atoms with Crippen LogP contribution in [0.25, 0.3) is 5.69 Å². The van der Waals surface area contributed by atoms with Crippen molar-refractivity contribution in [2.24, 2.45) is 0 Å². The molecule has 3 aromatic rings. The van der Waals surface area contributed by atoms with E-state index in [1.165, 1.54) is 22.8 Å². The molecule has 2 aromatic heterocycles. The SMILES string of the molecule is CSc1ncc(C(=O)OCC(=O)N2CCCC2c2cccs2)n1-c1ccccc1. The van der Waals surface area contributed by atoms with E-state index in [2.05, 4.69) is 11.1 Å². The molecule has 0 saturated carbocycles. The summed E-state index contributed by atoms with van der Waals surface area (Å²) in [6.45, 7) is 0.423. The first-order chi connectivity index (χ1) is 14.2. The quantitative estimate of drug-likeness (QED) is 0.436. The third kappa shape index (κ3) is 4.09. The number of thioether (sulfide) groups is 1. The molecule has 0 aliphatic carbocycles. The largest absolute Gasteiger partial charge is 0.451 e. The summed E-state index contributed by atoms with van der Waals surface area (Å²) in [6.07, 6.45) is 5.30. The minimum Gasteiger partial charge on any atom is -0.451 e. The second-order valence-corrected chi connectivity index (χ2v) is 8.39. The minimum atomic E-state index is -0.554. The third-order valence-corrected chi connectivity index (χ3v) is 6.53. The van der Waals surface area contributed by atoms with Crippen LogP contribution in [0.3, 0.4) is 0 Å². The lowest BCUT2D eigenvalue weighted by atomic mass is 10.2. The molecule has 0 radical (unpaired) electrons. The van der Waals surface area contributed by atoms with Gasteiger partial charge in [0.05, 0.1) is 12.2 Å². The maximum absolute atomic E-state index is 12.7. The number of rotatable bonds is 6. The number of nitrogens with zero attached hydrogens (tertiary/aromatic N) is 3. The van der Waals surface area contributed by atoms with Gasteiger partial charge in [-0.2, -0.15) is 0 Å². The van der Waals surface area contributed by atoms with E-state index in [0.717, 1.165) is 18.5 Å². The molecule has 0 bridgehead atoms. The van der Waals surface area contributed by atoms with Gasteiger partial charge in [0, 0.05) is 17.1 Å². The molecular formula is C21H21N3O3S2. The molecule has 0 spiro atoms. The highest BCUT2D eigenvalue weighted by Gasteiger charge is 2.31. The van der Waals surface area contributed by atoms with Crippen molar-refractivity contribution >= 4 is 35.0 Å². The summed E-state index contributed by atoms with van der Waals surface area (Å²) in [4.78, 5) is 32.8. The monoisotopic (exact) mass is 427 g/mol. The predicted octanol–water partition coefficient (Wildman–Crippen LogP) is 4.18. The molecule has 1 fully saturated rings. The number of hydrogen-bond acceptors (Lipinski definition) is 6. The standard InChI is InChI=1S/C21H21N3O3S2/c1-28-21-22-13-17(24(21)15-7-3-2-4-8-15)20(26)27-14-19(25)23-11-5-9-16(23)18-10-6-12-29-18/h2-4,6-8,10,12-13,16H,5,9,11,14H2,1H3. The van der Waals surface area contributed by atoms with Crippen LogP contribution in [-0.4, -0.2) is 45.7 Å². The van der Waals surface area contributed by atoms with Crippen LogP contribution >= 0.6 is 23.1 Å². The fourth-order valence-corrected chi connectivity index (χ4v) is 4.99. The van der Waals surface area contributed by atoms with Gasteiger partial charge in [0.25, 0.3) is 5.91 Å². The zero-order valence-corrected chi connectivity index (χ0v) is 17.6. The molecule has 1 amide bonds. The Kier molecular flexibility index (Phi) is 6.01. The van der Waals surface area contributed by atoms with Crippen molar-refractivity contribution in [1.82, 2.24) is 14.5 Å². The van der Waals surface area contributed by atoms with E-state index in [4.69, 9.17) is 4.74 Å². The van der Waals surface area contributed by atoms with E-state index in [1.807, 2.05) is 52.9 Å². The van der Waals surface area contributed by atoms with Gasteiger partial charge in [-0.25, -0.2) is 9.78 Å². The van der Waals surface area contributed by atoms with Crippen LogP contribution in [0.15, 0.2) is 59.2 Å². The van der Waals surface area contributed by atoms with Crippen LogP contribution in [0.1, 0.15) is 34.2 Å². The highest BCUT2D eigenvalue weighted by Crippen LogP contribution is 2.34. The van der Waals surface area contributed by atoms with Crippen LogP contribution in [0, 0.1) is 0 Å². The molecule has 6 nitrogen and oxygen atoms in total. The topological polar surface area (TPSA) is 64.4 Å². The molecular weight excluding hydrogens is 406 g/mol. The maximum atomic E-state index is 12.7. The summed E-state index contributed by atoms with van der Waals surface area (Å²) in [6, 6.07) is 13.6. The van der Waals surface area contributed by atoms with E-state index in [0.29, 0.717) is 17.4 Å². The maximum Gasteiger partial charge on any atom is 0.357 e. The number of benzene rings is 1. The summed E-state index contributed by atoms with van der Waals surface area (Å²) in [5, 5.41) is 2.71. The van der Waals surface area contributed by atoms with Gasteiger partial charge >= 0.3 is 5.97 Å². The molecule has 4 rings (SSSR count). The van der Waals surface area contributed by atoms with E-state index in [-0.39, 0.29) is 18.6 Å². The van der Waals surface area contributed by atoms with Gasteiger partial charge in [0.2, 0.25) is 0 Å². The summed E-state index contributed by atoms with van der Waals surface area (Å²) in [7, 11) is 0. The van der Waals surface area contributed by atoms with Crippen LogP contribution in [0.5, 0.6) is 0 Å². The van der Waals surface area contributed by atoms with Crippen molar-refractivity contribution < 1.29 is 14.3 Å². The zero-order valence-electron chi connectivity index (χ0n) is 16.0. The van der Waals surface area contributed by atoms with E-state index in [9.17, 15) is 9.59 Å². The van der Waals surface area contributed by atoms with Crippen molar-refractivity contribution in [3.05, 3.63) is 64.6 Å². The Morgan fingerprint density at radius 1 is 1.24 bits per heavy atom. The predicted molar refractivity (Wildman–Crippen MR) is 114 cm³/mol. The number of carbonyl (C=O) groups excluding carboxylic acids is 2. The van der Waals surface area contributed by atoms with Crippen molar-refractivity contribution in [1.29, 1.82) is 0 Å². The number of likely N-dealkylation sites (tertiary alicyclic amines) is 1. The Balaban J connectivity index is 1.47. The van der Waals surface area contributed by atoms with E-state index < -0.39 is 5.97 Å². The van der Waals surface area contributed by atoms with E-state index >= 15 is 0 Å². The summed E-state index contributed by atoms with van der Waals surface area (Å²) >= 11 is 3.09. The lowest BCUT2D eigenvalue weighted by Gasteiger charge is -2.23. The van der Waals surface area contributed by atoms with Crippen LogP contribution < -0.4 is 0 Å². The highest BCUT2D eigenvalue weighted by atomic mass is 32.2. The number of esters is 1. The van der Waals surface area contributed by atoms with Gasteiger partial charge in [-0.15, -0.1) is 11.3 Å². The lowest BCUT2D eigenvalue weighted by molar-refractivity contribution is -0.135. The molecule has 1 atom stereocenters. The molecule has 1 saturated heterocycles. The second-order valence-electron chi connectivity index (χ2n) is 6.64. The molecule has 1 aromatic carbocycles. The molecule has 1 unspecified atom stereocenters. The summed E-state index contributed by atoms with van der Waals surface area (Å²) < 4.78 is 7.14. The van der Waals surface area contributed by atoms with Gasteiger partial charge in [-0.05, 0) is 42.7 Å². The van der Waals surface area contributed by atoms with Gasteiger partial charge in [-0.3, -0.25) is 9.36 Å². The van der Waals surface area contributed by atoms with E-state index in [1.54, 1.807) is 15.9 Å². The molecule has 1 aliphatic heterocycles. The number of thiophene rings is 1. The van der Waals surface area contributed by atoms with Crippen molar-refractivity contribution in [2.45, 2.75) is 24.0 Å². The van der Waals surface area contributed by atoms with Gasteiger partial charge < -0.3 is 9.64 Å². The van der Waals surface area contributed by atoms with Gasteiger partial charge in [0.15, 0.2) is 17.5 Å². The van der Waals surface area contributed by atoms with Crippen molar-refractivity contribution in [2.75, 3.05) is 19.4 Å². The average Bonchev–Trinajstić information content (AvgIpc) is 3.51. The number of ether oxygens (including phenoxy) is 1. The minimum absolute atomic E-state index is 0.0825. The molecule has 0 N–H and O–H groups in total. The summed E-state index contributed by atoms with van der Waals surface area (Å²) in [5.41, 5.74) is 1.13. The van der Waals surface area contributed by atoms with Crippen molar-refractivity contribution in [3.63, 3.8) is 0 Å². The Morgan fingerprint density at radius 3 is 2.79 bits per heavy atom. The first-order valence-corrected chi connectivity index (χ1v) is 11.5. The molecule has 29 heavy (non-hydrogen) atoms. The number of imidazole rings is 1. The Bertz CT molecular complexity index is 986. The Morgan fingerprint density at radius 2 is 2.07 bits per heavy atom.